The molecule has 0 aliphatic heterocycles. The first-order valence-corrected chi connectivity index (χ1v) is 4.63. The summed E-state index contributed by atoms with van der Waals surface area (Å²) in [5.41, 5.74) is -1.22. The monoisotopic (exact) mass is 221 g/mol. The quantitative estimate of drug-likeness (QED) is 0.577. The first-order chi connectivity index (χ1) is 7.47. The van der Waals surface area contributed by atoms with Gasteiger partial charge in [0.2, 0.25) is 0 Å². The van der Waals surface area contributed by atoms with Gasteiger partial charge in [0.1, 0.15) is 0 Å². The van der Waals surface area contributed by atoms with Gasteiger partial charge < -0.3 is 4.74 Å². The van der Waals surface area contributed by atoms with E-state index >= 15 is 0 Å². The van der Waals surface area contributed by atoms with Gasteiger partial charge in [0, 0.05) is 5.18 Å². The predicted molar refractivity (Wildman–Crippen MR) is 56.7 cm³/mol. The Morgan fingerprint density at radius 1 is 1.19 bits per heavy atom. The van der Waals surface area contributed by atoms with Crippen LogP contribution in [0.4, 0.5) is 0 Å². The molecule has 1 aromatic carbocycles. The van der Waals surface area contributed by atoms with Crippen LogP contribution in [0.2, 0.25) is 0 Å². The normalized spacial score (nSPS) is 10.6. The molecule has 0 bridgehead atoms. The maximum Gasteiger partial charge on any atom is 0.339 e. The molecule has 0 saturated heterocycles. The molecule has 0 unspecified atom stereocenters. The van der Waals surface area contributed by atoms with Crippen LogP contribution < -0.4 is 0 Å². The fraction of sp³-hybridized carbons (Fsp3) is 0.273. The topological polar surface area (TPSA) is 72.8 Å². The summed E-state index contributed by atoms with van der Waals surface area (Å²) in [6.07, 6.45) is 0. The number of nitrogens with zero attached hydrogens (tertiary/aromatic N) is 1. The van der Waals surface area contributed by atoms with E-state index in [1.807, 2.05) is 0 Å². The second-order valence-electron chi connectivity index (χ2n) is 3.66. The number of carbonyl (C=O) groups excluding carboxylic acids is 2. The molecule has 0 heterocycles. The maximum absolute atomic E-state index is 11.6. The zero-order valence-corrected chi connectivity index (χ0v) is 8.97. The third kappa shape index (κ3) is 2.73. The molecule has 0 atom stereocenters. The molecule has 1 aromatic rings. The summed E-state index contributed by atoms with van der Waals surface area (Å²) >= 11 is 0. The minimum atomic E-state index is -1.53. The van der Waals surface area contributed by atoms with Gasteiger partial charge in [0.25, 0.3) is 0 Å². The molecular weight excluding hydrogens is 210 g/mol. The molecule has 1 amide bonds. The fourth-order valence-corrected chi connectivity index (χ4v) is 1.02. The molecule has 0 saturated carbocycles. The summed E-state index contributed by atoms with van der Waals surface area (Å²) in [6, 6.07) is 8.20. The molecule has 0 aliphatic carbocycles. The number of carbonyl (C=O) groups is 2. The molecule has 84 valence electrons. The number of amides is 1. The Hall–Kier alpha value is -2.04. The molecule has 0 spiro atoms. The standard InChI is InChI=1S/C11H11NO4/c1-11(2,10(14)12-15)16-9(13)8-6-4-3-5-7-8/h3-7H,1-2H3. The molecule has 16 heavy (non-hydrogen) atoms. The average Bonchev–Trinajstić information content (AvgIpc) is 2.28. The number of hydrogen-bond acceptors (Lipinski definition) is 4. The molecule has 0 aromatic heterocycles. The van der Waals surface area contributed by atoms with E-state index in [4.69, 9.17) is 4.74 Å². The van der Waals surface area contributed by atoms with Gasteiger partial charge in [0.15, 0.2) is 5.60 Å². The van der Waals surface area contributed by atoms with Crippen LogP contribution in [0, 0.1) is 4.91 Å². The second kappa shape index (κ2) is 4.65. The number of ether oxygens (including phenoxy) is 1. The maximum atomic E-state index is 11.6. The highest BCUT2D eigenvalue weighted by atomic mass is 16.6. The highest BCUT2D eigenvalue weighted by molar-refractivity contribution is 5.93. The van der Waals surface area contributed by atoms with Crippen LogP contribution >= 0.6 is 0 Å². The summed E-state index contributed by atoms with van der Waals surface area (Å²) in [5.74, 6) is -1.68. The Morgan fingerprint density at radius 2 is 1.75 bits per heavy atom. The second-order valence-corrected chi connectivity index (χ2v) is 3.66. The fourth-order valence-electron chi connectivity index (χ4n) is 1.02. The van der Waals surface area contributed by atoms with Gasteiger partial charge in [0.05, 0.1) is 5.56 Å². The predicted octanol–water partition coefficient (Wildman–Crippen LogP) is 1.92. The van der Waals surface area contributed by atoms with E-state index in [0.29, 0.717) is 5.56 Å². The lowest BCUT2D eigenvalue weighted by Gasteiger charge is -2.19. The number of esters is 1. The number of benzene rings is 1. The van der Waals surface area contributed by atoms with Crippen molar-refractivity contribution in [3.05, 3.63) is 40.8 Å². The minimum Gasteiger partial charge on any atom is -0.446 e. The number of rotatable bonds is 3. The molecular formula is C11H11NO4. The van der Waals surface area contributed by atoms with Crippen molar-refractivity contribution in [2.24, 2.45) is 5.18 Å². The van der Waals surface area contributed by atoms with Crippen LogP contribution in [-0.4, -0.2) is 17.5 Å². The first kappa shape index (κ1) is 12.0. The largest absolute Gasteiger partial charge is 0.446 e. The number of hydrogen-bond donors (Lipinski definition) is 0. The van der Waals surface area contributed by atoms with Crippen molar-refractivity contribution < 1.29 is 14.3 Å². The zero-order valence-electron chi connectivity index (χ0n) is 8.97. The molecule has 5 nitrogen and oxygen atoms in total. The van der Waals surface area contributed by atoms with Gasteiger partial charge in [-0.3, -0.25) is 4.79 Å². The third-order valence-electron chi connectivity index (χ3n) is 1.96. The van der Waals surface area contributed by atoms with E-state index in [-0.39, 0.29) is 0 Å². The molecule has 0 N–H and O–H groups in total. The van der Waals surface area contributed by atoms with Crippen LogP contribution in [0.1, 0.15) is 24.2 Å². The summed E-state index contributed by atoms with van der Waals surface area (Å²) in [5, 5.41) is 2.24. The van der Waals surface area contributed by atoms with E-state index in [1.54, 1.807) is 30.3 Å². The molecule has 1 rings (SSSR count). The van der Waals surface area contributed by atoms with Crippen LogP contribution in [0.15, 0.2) is 35.5 Å². The lowest BCUT2D eigenvalue weighted by Crippen LogP contribution is -2.35. The summed E-state index contributed by atoms with van der Waals surface area (Å²) in [6.45, 7) is 2.63. The Kier molecular flexibility index (Phi) is 3.50. The third-order valence-corrected chi connectivity index (χ3v) is 1.96. The van der Waals surface area contributed by atoms with Crippen molar-refractivity contribution in [1.29, 1.82) is 0 Å². The van der Waals surface area contributed by atoms with Crippen LogP contribution in [0.3, 0.4) is 0 Å². The van der Waals surface area contributed by atoms with Gasteiger partial charge in [-0.05, 0) is 26.0 Å². The Labute approximate surface area is 92.4 Å². The molecule has 0 fully saturated rings. The SMILES string of the molecule is CC(C)(OC(=O)c1ccccc1)C(=O)N=O. The van der Waals surface area contributed by atoms with Crippen LogP contribution in [0.5, 0.6) is 0 Å². The molecule has 0 radical (unpaired) electrons. The van der Waals surface area contributed by atoms with Gasteiger partial charge in [-0.1, -0.05) is 18.2 Å². The smallest absolute Gasteiger partial charge is 0.339 e. The van der Waals surface area contributed by atoms with E-state index in [9.17, 15) is 14.5 Å². The van der Waals surface area contributed by atoms with Crippen LogP contribution in [0.25, 0.3) is 0 Å². The highest BCUT2D eigenvalue weighted by Gasteiger charge is 2.33. The van der Waals surface area contributed by atoms with Crippen molar-refractivity contribution in [2.45, 2.75) is 19.4 Å². The van der Waals surface area contributed by atoms with Gasteiger partial charge in [-0.2, -0.15) is 0 Å². The lowest BCUT2D eigenvalue weighted by molar-refractivity contribution is -0.133. The Balaban J connectivity index is 2.79. The van der Waals surface area contributed by atoms with E-state index in [1.165, 1.54) is 13.8 Å². The number of nitroso groups, excluding NO2 is 1. The first-order valence-electron chi connectivity index (χ1n) is 4.63. The lowest BCUT2D eigenvalue weighted by atomic mass is 10.1. The van der Waals surface area contributed by atoms with Crippen LogP contribution in [-0.2, 0) is 9.53 Å². The molecule has 0 aliphatic rings. The van der Waals surface area contributed by atoms with Gasteiger partial charge >= 0.3 is 11.9 Å². The van der Waals surface area contributed by atoms with E-state index in [2.05, 4.69) is 5.18 Å². The highest BCUT2D eigenvalue weighted by Crippen LogP contribution is 2.14. The summed E-state index contributed by atoms with van der Waals surface area (Å²) in [4.78, 5) is 32.7. The Morgan fingerprint density at radius 3 is 2.25 bits per heavy atom. The van der Waals surface area contributed by atoms with Crippen molar-refractivity contribution in [3.8, 4) is 0 Å². The van der Waals surface area contributed by atoms with Crippen molar-refractivity contribution >= 4 is 11.9 Å². The van der Waals surface area contributed by atoms with Gasteiger partial charge in [-0.15, -0.1) is 4.91 Å². The van der Waals surface area contributed by atoms with Crippen molar-refractivity contribution in [2.75, 3.05) is 0 Å². The zero-order chi connectivity index (χ0) is 12.2. The summed E-state index contributed by atoms with van der Waals surface area (Å²) < 4.78 is 4.89. The minimum absolute atomic E-state index is 0.314. The van der Waals surface area contributed by atoms with E-state index in [0.717, 1.165) is 0 Å². The average molecular weight is 221 g/mol. The van der Waals surface area contributed by atoms with Crippen molar-refractivity contribution in [3.63, 3.8) is 0 Å². The Bertz CT molecular complexity index is 411. The van der Waals surface area contributed by atoms with Gasteiger partial charge in [-0.25, -0.2) is 4.79 Å². The summed E-state index contributed by atoms with van der Waals surface area (Å²) in [7, 11) is 0. The molecule has 5 heteroatoms. The van der Waals surface area contributed by atoms with Crippen molar-refractivity contribution in [1.82, 2.24) is 0 Å². The van der Waals surface area contributed by atoms with E-state index < -0.39 is 17.5 Å².